The highest BCUT2D eigenvalue weighted by Crippen LogP contribution is 2.19. The summed E-state index contributed by atoms with van der Waals surface area (Å²) in [6.45, 7) is 14.1. The van der Waals surface area contributed by atoms with E-state index in [1.165, 1.54) is 0 Å². The second-order valence-electron chi connectivity index (χ2n) is 8.71. The second kappa shape index (κ2) is 33.3. The monoisotopic (exact) mass is 621 g/mol. The molecule has 2 N–H and O–H groups in total. The molecule has 43 heavy (non-hydrogen) atoms. The number of hydrogen-bond donors (Lipinski definition) is 1. The van der Waals surface area contributed by atoms with Crippen LogP contribution in [0.5, 0.6) is 5.75 Å². The van der Waals surface area contributed by atoms with Crippen LogP contribution in [0.3, 0.4) is 0 Å². The Hall–Kier alpha value is -1.62. The fourth-order valence-corrected chi connectivity index (χ4v) is 3.17. The van der Waals surface area contributed by atoms with E-state index in [2.05, 4.69) is 0 Å². The molecule has 0 amide bonds. The molecule has 0 fully saturated rings. The van der Waals surface area contributed by atoms with Crippen molar-refractivity contribution in [2.75, 3.05) is 158 Å². The quantitative estimate of drug-likeness (QED) is 0.0873. The highest BCUT2D eigenvalue weighted by Gasteiger charge is 1.99. The molecular weight excluding hydrogens is 566 g/mol. The van der Waals surface area contributed by atoms with Gasteiger partial charge in [-0.25, -0.2) is 0 Å². The van der Waals surface area contributed by atoms with Crippen molar-refractivity contribution in [3.05, 3.63) is 24.3 Å². The van der Waals surface area contributed by atoms with Gasteiger partial charge in [0.1, 0.15) is 12.4 Å². The van der Waals surface area contributed by atoms with Crippen LogP contribution in [0.2, 0.25) is 0 Å². The summed E-state index contributed by atoms with van der Waals surface area (Å²) >= 11 is 0. The number of ether oxygens (including phenoxy) is 12. The Morgan fingerprint density at radius 2 is 0.628 bits per heavy atom. The first-order valence-corrected chi connectivity index (χ1v) is 15.2. The number of rotatable bonds is 35. The molecule has 0 heterocycles. The minimum atomic E-state index is 0.439. The number of para-hydroxylation sites is 2. The molecule has 0 bridgehead atoms. The van der Waals surface area contributed by atoms with E-state index in [9.17, 15) is 0 Å². The lowest BCUT2D eigenvalue weighted by atomic mass is 10.3. The van der Waals surface area contributed by atoms with E-state index >= 15 is 0 Å². The Morgan fingerprint density at radius 3 is 0.907 bits per heavy atom. The van der Waals surface area contributed by atoms with Crippen LogP contribution in [0.4, 0.5) is 5.69 Å². The van der Waals surface area contributed by atoms with Gasteiger partial charge in [0.05, 0.1) is 144 Å². The zero-order valence-electron chi connectivity index (χ0n) is 26.0. The third-order valence-corrected chi connectivity index (χ3v) is 5.33. The molecule has 1 rings (SSSR count). The van der Waals surface area contributed by atoms with Crippen LogP contribution < -0.4 is 10.5 Å². The van der Waals surface area contributed by atoms with Gasteiger partial charge in [-0.15, -0.1) is 0 Å². The Morgan fingerprint density at radius 1 is 0.372 bits per heavy atom. The molecule has 0 aliphatic rings. The molecule has 0 aliphatic carbocycles. The first kappa shape index (κ1) is 39.4. The molecular formula is C30H55NO12. The summed E-state index contributed by atoms with van der Waals surface area (Å²) in [7, 11) is 0. The Balaban J connectivity index is 1.63. The van der Waals surface area contributed by atoms with Crippen molar-refractivity contribution in [2.24, 2.45) is 0 Å². The minimum absolute atomic E-state index is 0.439. The topological polar surface area (TPSA) is 137 Å². The van der Waals surface area contributed by atoms with Gasteiger partial charge in [-0.05, 0) is 19.1 Å². The van der Waals surface area contributed by atoms with Gasteiger partial charge in [0, 0.05) is 6.61 Å². The Bertz CT molecular complexity index is 688. The van der Waals surface area contributed by atoms with Gasteiger partial charge >= 0.3 is 0 Å². The molecule has 0 radical (unpaired) electrons. The average molecular weight is 622 g/mol. The van der Waals surface area contributed by atoms with E-state index in [1.807, 2.05) is 25.1 Å². The third kappa shape index (κ3) is 28.9. The fourth-order valence-electron chi connectivity index (χ4n) is 3.17. The van der Waals surface area contributed by atoms with Crippen LogP contribution in [0.1, 0.15) is 6.92 Å². The molecule has 0 saturated heterocycles. The number of hydrogen-bond acceptors (Lipinski definition) is 13. The molecule has 0 atom stereocenters. The molecule has 252 valence electrons. The van der Waals surface area contributed by atoms with E-state index in [1.54, 1.807) is 6.07 Å². The molecule has 0 unspecified atom stereocenters. The summed E-state index contributed by atoms with van der Waals surface area (Å²) in [5.74, 6) is 0.669. The van der Waals surface area contributed by atoms with Gasteiger partial charge in [0.15, 0.2) is 0 Å². The summed E-state index contributed by atoms with van der Waals surface area (Å²) in [6, 6.07) is 7.38. The maximum atomic E-state index is 5.81. The SMILES string of the molecule is CCOCCOCCOCCOCCOCCOCCOCCOCCOCCOCCOCCOc1ccccc1N. The van der Waals surface area contributed by atoms with Gasteiger partial charge in [0.2, 0.25) is 0 Å². The van der Waals surface area contributed by atoms with Crippen molar-refractivity contribution in [2.45, 2.75) is 6.92 Å². The van der Waals surface area contributed by atoms with Crippen LogP contribution in [-0.4, -0.2) is 152 Å². The third-order valence-electron chi connectivity index (χ3n) is 5.33. The Kier molecular flexibility index (Phi) is 30.5. The van der Waals surface area contributed by atoms with Crippen molar-refractivity contribution in [3.8, 4) is 5.75 Å². The van der Waals surface area contributed by atoms with Gasteiger partial charge < -0.3 is 62.6 Å². The van der Waals surface area contributed by atoms with Crippen molar-refractivity contribution >= 4 is 5.69 Å². The number of nitrogens with two attached hydrogens (primary N) is 1. The number of anilines is 1. The van der Waals surface area contributed by atoms with Crippen molar-refractivity contribution in [1.29, 1.82) is 0 Å². The predicted octanol–water partition coefficient (Wildman–Crippen LogP) is 1.85. The van der Waals surface area contributed by atoms with E-state index < -0.39 is 0 Å². The highest BCUT2D eigenvalue weighted by molar-refractivity contribution is 5.51. The highest BCUT2D eigenvalue weighted by atomic mass is 16.6. The summed E-state index contributed by atoms with van der Waals surface area (Å²) in [4.78, 5) is 0. The standard InChI is InChI=1S/C30H55NO12/c1-2-32-7-8-33-9-10-34-11-12-35-13-14-36-15-16-37-17-18-38-19-20-39-21-22-40-23-24-41-25-26-42-27-28-43-30-6-4-3-5-29(30)31/h3-6H,2,7-28,31H2,1H3. The second-order valence-corrected chi connectivity index (χ2v) is 8.71. The largest absolute Gasteiger partial charge is 0.489 e. The lowest BCUT2D eigenvalue weighted by Gasteiger charge is -2.09. The lowest BCUT2D eigenvalue weighted by Crippen LogP contribution is -2.15. The fraction of sp³-hybridized carbons (Fsp3) is 0.800. The molecule has 0 spiro atoms. The van der Waals surface area contributed by atoms with Crippen LogP contribution in [-0.2, 0) is 52.1 Å². The molecule has 13 nitrogen and oxygen atoms in total. The van der Waals surface area contributed by atoms with Crippen molar-refractivity contribution in [3.63, 3.8) is 0 Å². The number of nitrogen functional groups attached to an aromatic ring is 1. The summed E-state index contributed by atoms with van der Waals surface area (Å²) in [5, 5.41) is 0. The van der Waals surface area contributed by atoms with Crippen molar-refractivity contribution in [1.82, 2.24) is 0 Å². The molecule has 0 aliphatic heterocycles. The normalized spacial score (nSPS) is 11.4. The van der Waals surface area contributed by atoms with E-state index in [0.29, 0.717) is 163 Å². The van der Waals surface area contributed by atoms with Gasteiger partial charge in [-0.2, -0.15) is 0 Å². The first-order valence-electron chi connectivity index (χ1n) is 15.2. The van der Waals surface area contributed by atoms with E-state index in [4.69, 9.17) is 62.6 Å². The molecule has 1 aromatic rings. The average Bonchev–Trinajstić information content (AvgIpc) is 3.02. The predicted molar refractivity (Wildman–Crippen MR) is 161 cm³/mol. The zero-order chi connectivity index (χ0) is 30.7. The number of benzene rings is 1. The van der Waals surface area contributed by atoms with Gasteiger partial charge in [-0.3, -0.25) is 0 Å². The van der Waals surface area contributed by atoms with Gasteiger partial charge in [0.25, 0.3) is 0 Å². The van der Waals surface area contributed by atoms with E-state index in [-0.39, 0.29) is 0 Å². The summed E-state index contributed by atoms with van der Waals surface area (Å²) in [5.41, 5.74) is 6.43. The van der Waals surface area contributed by atoms with Gasteiger partial charge in [-0.1, -0.05) is 12.1 Å². The summed E-state index contributed by atoms with van der Waals surface area (Å²) < 4.78 is 65.2. The maximum absolute atomic E-state index is 5.81. The summed E-state index contributed by atoms with van der Waals surface area (Å²) in [6.07, 6.45) is 0. The van der Waals surface area contributed by atoms with Crippen LogP contribution >= 0.6 is 0 Å². The lowest BCUT2D eigenvalue weighted by molar-refractivity contribution is -0.0276. The van der Waals surface area contributed by atoms with Crippen LogP contribution in [0.15, 0.2) is 24.3 Å². The minimum Gasteiger partial charge on any atom is -0.489 e. The zero-order valence-corrected chi connectivity index (χ0v) is 26.0. The Labute approximate surface area is 257 Å². The van der Waals surface area contributed by atoms with Crippen LogP contribution in [0.25, 0.3) is 0 Å². The first-order chi connectivity index (χ1) is 21.3. The molecule has 0 saturated carbocycles. The molecule has 13 heteroatoms. The smallest absolute Gasteiger partial charge is 0.142 e. The van der Waals surface area contributed by atoms with E-state index in [0.717, 1.165) is 0 Å². The molecule has 1 aromatic carbocycles. The maximum Gasteiger partial charge on any atom is 0.142 e. The molecule has 0 aromatic heterocycles. The van der Waals surface area contributed by atoms with Crippen molar-refractivity contribution < 1.29 is 56.8 Å². The van der Waals surface area contributed by atoms with Crippen LogP contribution in [0, 0.1) is 0 Å².